The quantitative estimate of drug-likeness (QED) is 0.707. The van der Waals surface area contributed by atoms with Gasteiger partial charge in [-0.15, -0.1) is 10.2 Å². The number of nitrogens with zero attached hydrogens (tertiary/aromatic N) is 3. The maximum Gasteiger partial charge on any atom is 0.337 e. The number of aromatic nitrogens is 4. The second-order valence-corrected chi connectivity index (χ2v) is 5.87. The number of H-pyrrole nitrogens is 1. The van der Waals surface area contributed by atoms with Crippen molar-refractivity contribution in [1.82, 2.24) is 25.3 Å². The van der Waals surface area contributed by atoms with Gasteiger partial charge in [0.15, 0.2) is 5.82 Å². The lowest BCUT2D eigenvalue weighted by Crippen LogP contribution is -2.24. The van der Waals surface area contributed by atoms with Gasteiger partial charge in [-0.3, -0.25) is 0 Å². The summed E-state index contributed by atoms with van der Waals surface area (Å²) in [5, 5.41) is 20.6. The first-order valence-electron chi connectivity index (χ1n) is 5.25. The molecule has 21 heavy (non-hydrogen) atoms. The van der Waals surface area contributed by atoms with Crippen LogP contribution in [0.5, 0.6) is 0 Å². The van der Waals surface area contributed by atoms with E-state index in [0.29, 0.717) is 6.07 Å². The summed E-state index contributed by atoms with van der Waals surface area (Å²) < 4.78 is 39.5. The van der Waals surface area contributed by atoms with E-state index < -0.39 is 37.3 Å². The fourth-order valence-electron chi connectivity index (χ4n) is 1.38. The molecule has 0 fully saturated rings. The Morgan fingerprint density at radius 2 is 2.19 bits per heavy atom. The number of benzene rings is 1. The van der Waals surface area contributed by atoms with Gasteiger partial charge in [-0.2, -0.15) is 5.21 Å². The van der Waals surface area contributed by atoms with E-state index in [2.05, 4.69) is 25.3 Å². The maximum atomic E-state index is 13.5. The van der Waals surface area contributed by atoms with E-state index in [4.69, 9.17) is 16.7 Å². The monoisotopic (exact) mass is 335 g/mol. The van der Waals surface area contributed by atoms with Crippen molar-refractivity contribution in [2.45, 2.75) is 11.4 Å². The summed E-state index contributed by atoms with van der Waals surface area (Å²) in [5.74, 6) is -2.64. The summed E-state index contributed by atoms with van der Waals surface area (Å²) in [6.45, 7) is -0.300. The minimum Gasteiger partial charge on any atom is -0.478 e. The summed E-state index contributed by atoms with van der Waals surface area (Å²) in [6, 6.07) is 1.37. The molecular formula is C9H7ClFN5O4S. The number of sulfonamides is 1. The van der Waals surface area contributed by atoms with Gasteiger partial charge in [0.2, 0.25) is 10.0 Å². The Labute approximate surface area is 122 Å². The van der Waals surface area contributed by atoms with Crippen molar-refractivity contribution in [2.75, 3.05) is 0 Å². The first-order valence-corrected chi connectivity index (χ1v) is 7.11. The Kier molecular flexibility index (Phi) is 4.16. The molecule has 2 rings (SSSR count). The third-order valence-corrected chi connectivity index (χ3v) is 4.12. The van der Waals surface area contributed by atoms with Gasteiger partial charge in [0, 0.05) is 0 Å². The fourth-order valence-corrected chi connectivity index (χ4v) is 2.58. The van der Waals surface area contributed by atoms with Gasteiger partial charge in [0.25, 0.3) is 0 Å². The molecule has 3 N–H and O–H groups in total. The van der Waals surface area contributed by atoms with Crippen LogP contribution in [0, 0.1) is 5.82 Å². The Hall–Kier alpha value is -2.11. The zero-order chi connectivity index (χ0) is 15.6. The van der Waals surface area contributed by atoms with Crippen LogP contribution in [0.25, 0.3) is 0 Å². The fraction of sp³-hybridized carbons (Fsp3) is 0.111. The lowest BCUT2D eigenvalue weighted by atomic mass is 10.2. The van der Waals surface area contributed by atoms with Crippen LogP contribution < -0.4 is 4.72 Å². The van der Waals surface area contributed by atoms with Crippen molar-refractivity contribution in [3.05, 3.63) is 34.4 Å². The van der Waals surface area contributed by atoms with Gasteiger partial charge in [-0.05, 0) is 12.1 Å². The number of carbonyl (C=O) groups is 1. The van der Waals surface area contributed by atoms with E-state index >= 15 is 0 Å². The predicted octanol–water partition coefficient (Wildman–Crippen LogP) is 0.169. The SMILES string of the molecule is O=C(O)c1cc(S(=O)(=O)NCc2nn[nH]n2)cc(F)c1Cl. The summed E-state index contributed by atoms with van der Waals surface area (Å²) in [6.07, 6.45) is 0. The number of rotatable bonds is 5. The molecule has 0 aliphatic carbocycles. The summed E-state index contributed by atoms with van der Waals surface area (Å²) in [7, 11) is -4.17. The summed E-state index contributed by atoms with van der Waals surface area (Å²) in [4.78, 5) is 10.3. The number of nitrogens with one attached hydrogen (secondary N) is 2. The Morgan fingerprint density at radius 1 is 1.48 bits per heavy atom. The molecule has 0 spiro atoms. The number of tetrazole rings is 1. The highest BCUT2D eigenvalue weighted by molar-refractivity contribution is 7.89. The number of aromatic carboxylic acids is 1. The highest BCUT2D eigenvalue weighted by Crippen LogP contribution is 2.24. The number of hydrogen-bond acceptors (Lipinski definition) is 6. The Balaban J connectivity index is 2.33. The van der Waals surface area contributed by atoms with Crippen molar-refractivity contribution in [3.63, 3.8) is 0 Å². The van der Waals surface area contributed by atoms with Crippen LogP contribution in [0.2, 0.25) is 5.02 Å². The second kappa shape index (κ2) is 5.71. The lowest BCUT2D eigenvalue weighted by molar-refractivity contribution is 0.0696. The average Bonchev–Trinajstić information content (AvgIpc) is 2.92. The van der Waals surface area contributed by atoms with Gasteiger partial charge >= 0.3 is 5.97 Å². The average molecular weight is 336 g/mol. The number of aromatic amines is 1. The molecule has 1 aromatic carbocycles. The van der Waals surface area contributed by atoms with Gasteiger partial charge in [-0.25, -0.2) is 22.3 Å². The van der Waals surface area contributed by atoms with E-state index in [1.807, 2.05) is 0 Å². The summed E-state index contributed by atoms with van der Waals surface area (Å²) in [5.41, 5.74) is -0.656. The molecule has 12 heteroatoms. The number of carboxylic acids is 1. The maximum absolute atomic E-state index is 13.5. The molecule has 0 radical (unpaired) electrons. The van der Waals surface area contributed by atoms with Crippen LogP contribution in [0.3, 0.4) is 0 Å². The third kappa shape index (κ3) is 3.32. The molecule has 1 heterocycles. The number of halogens is 2. The first-order chi connectivity index (χ1) is 9.81. The highest BCUT2D eigenvalue weighted by Gasteiger charge is 2.22. The first kappa shape index (κ1) is 15.3. The zero-order valence-corrected chi connectivity index (χ0v) is 11.6. The number of carboxylic acid groups (broad SMARTS) is 1. The molecular weight excluding hydrogens is 329 g/mol. The molecule has 0 amide bonds. The van der Waals surface area contributed by atoms with Crippen molar-refractivity contribution in [3.8, 4) is 0 Å². The Morgan fingerprint density at radius 3 is 2.76 bits per heavy atom. The van der Waals surface area contributed by atoms with E-state index in [1.165, 1.54) is 0 Å². The van der Waals surface area contributed by atoms with Crippen LogP contribution in [0.4, 0.5) is 4.39 Å². The highest BCUT2D eigenvalue weighted by atomic mass is 35.5. The van der Waals surface area contributed by atoms with Gasteiger partial charge in [0.05, 0.1) is 22.0 Å². The topological polar surface area (TPSA) is 138 Å². The van der Waals surface area contributed by atoms with Crippen molar-refractivity contribution in [2.24, 2.45) is 0 Å². The van der Waals surface area contributed by atoms with Crippen molar-refractivity contribution in [1.29, 1.82) is 0 Å². The minimum absolute atomic E-state index is 0.0615. The molecule has 1 aromatic heterocycles. The van der Waals surface area contributed by atoms with Gasteiger partial charge in [-0.1, -0.05) is 16.8 Å². The minimum atomic E-state index is -4.17. The lowest BCUT2D eigenvalue weighted by Gasteiger charge is -2.07. The molecule has 0 aliphatic heterocycles. The molecule has 0 atom stereocenters. The van der Waals surface area contributed by atoms with E-state index in [-0.39, 0.29) is 12.4 Å². The molecule has 0 aliphatic rings. The van der Waals surface area contributed by atoms with Crippen LogP contribution in [-0.4, -0.2) is 40.1 Å². The molecule has 0 saturated heterocycles. The van der Waals surface area contributed by atoms with E-state index in [1.54, 1.807) is 0 Å². The molecule has 2 aromatic rings. The van der Waals surface area contributed by atoms with Gasteiger partial charge in [0.1, 0.15) is 5.82 Å². The predicted molar refractivity (Wildman–Crippen MR) is 66.6 cm³/mol. The van der Waals surface area contributed by atoms with Crippen LogP contribution >= 0.6 is 11.6 Å². The smallest absolute Gasteiger partial charge is 0.337 e. The van der Waals surface area contributed by atoms with Crippen LogP contribution in [0.15, 0.2) is 17.0 Å². The molecule has 0 bridgehead atoms. The number of hydrogen-bond donors (Lipinski definition) is 3. The summed E-state index contributed by atoms with van der Waals surface area (Å²) >= 11 is 5.47. The Bertz CT molecular complexity index is 780. The molecule has 0 unspecified atom stereocenters. The second-order valence-electron chi connectivity index (χ2n) is 3.72. The zero-order valence-electron chi connectivity index (χ0n) is 10.0. The van der Waals surface area contributed by atoms with Crippen molar-refractivity contribution < 1.29 is 22.7 Å². The molecule has 0 saturated carbocycles. The van der Waals surface area contributed by atoms with E-state index in [9.17, 15) is 17.6 Å². The van der Waals surface area contributed by atoms with Gasteiger partial charge < -0.3 is 5.11 Å². The molecule has 9 nitrogen and oxygen atoms in total. The van der Waals surface area contributed by atoms with E-state index in [0.717, 1.165) is 6.07 Å². The largest absolute Gasteiger partial charge is 0.478 e. The van der Waals surface area contributed by atoms with Crippen LogP contribution in [-0.2, 0) is 16.6 Å². The van der Waals surface area contributed by atoms with Crippen LogP contribution in [0.1, 0.15) is 16.2 Å². The standard InChI is InChI=1S/C9H7ClFN5O4S/c10-8-5(9(17)18)1-4(2-6(8)11)21(19,20)12-3-7-13-15-16-14-7/h1-2,12H,3H2,(H,17,18)(H,13,14,15,16). The molecule has 112 valence electrons. The van der Waals surface area contributed by atoms with Crippen molar-refractivity contribution >= 4 is 27.6 Å². The third-order valence-electron chi connectivity index (χ3n) is 2.35. The normalized spacial score (nSPS) is 11.5.